The number of hydrogen-bond donors (Lipinski definition) is 0. The highest BCUT2D eigenvalue weighted by Crippen LogP contribution is 2.23. The number of hydrogen-bond acceptors (Lipinski definition) is 3. The van der Waals surface area contributed by atoms with Crippen LogP contribution in [0.5, 0.6) is 0 Å². The first-order valence-electron chi connectivity index (χ1n) is 6.12. The Kier molecular flexibility index (Phi) is 2.91. The summed E-state index contributed by atoms with van der Waals surface area (Å²) < 4.78 is 28.1. The van der Waals surface area contributed by atoms with Crippen molar-refractivity contribution in [2.75, 3.05) is 6.54 Å². The number of rotatable bonds is 2. The Balaban J connectivity index is 1.93. The van der Waals surface area contributed by atoms with Gasteiger partial charge in [-0.25, -0.2) is 13.4 Å². The first-order chi connectivity index (χ1) is 9.07. The van der Waals surface area contributed by atoms with Crippen molar-refractivity contribution in [3.63, 3.8) is 0 Å². The summed E-state index contributed by atoms with van der Waals surface area (Å²) in [5.74, 6) is 0. The van der Waals surface area contributed by atoms with Gasteiger partial charge in [-0.2, -0.15) is 4.31 Å². The van der Waals surface area contributed by atoms with Crippen molar-refractivity contribution in [1.29, 1.82) is 0 Å². The van der Waals surface area contributed by atoms with Gasteiger partial charge in [0.1, 0.15) is 0 Å². The van der Waals surface area contributed by atoms with Crippen LogP contribution in [0.25, 0.3) is 0 Å². The van der Waals surface area contributed by atoms with Crippen LogP contribution < -0.4 is 0 Å². The lowest BCUT2D eigenvalue weighted by atomic mass is 10.0. The normalized spacial score (nSPS) is 16.3. The molecule has 0 bridgehead atoms. The zero-order chi connectivity index (χ0) is 13.5. The molecule has 0 saturated heterocycles. The number of nitrogens with zero attached hydrogens (tertiary/aromatic N) is 3. The quantitative estimate of drug-likeness (QED) is 0.828. The molecule has 2 aromatic rings. The standard InChI is InChI=1S/C13H15N3O2S/c1-15-9-13(14-10-15)19(17,18)16-7-6-11-4-2-3-5-12(11)8-16/h2-5,9-10H,6-8H2,1H3. The van der Waals surface area contributed by atoms with Gasteiger partial charge >= 0.3 is 0 Å². The van der Waals surface area contributed by atoms with E-state index in [4.69, 9.17) is 0 Å². The van der Waals surface area contributed by atoms with Gasteiger partial charge in [-0.1, -0.05) is 24.3 Å². The molecular weight excluding hydrogens is 262 g/mol. The Hall–Kier alpha value is -1.66. The molecule has 1 aromatic carbocycles. The maximum absolute atomic E-state index is 12.5. The van der Waals surface area contributed by atoms with Crippen molar-refractivity contribution in [2.24, 2.45) is 7.05 Å². The van der Waals surface area contributed by atoms with Crippen LogP contribution in [0.3, 0.4) is 0 Å². The molecule has 0 saturated carbocycles. The van der Waals surface area contributed by atoms with Crippen LogP contribution in [0.15, 0.2) is 41.8 Å². The Morgan fingerprint density at radius 2 is 1.95 bits per heavy atom. The van der Waals surface area contributed by atoms with Crippen LogP contribution in [0.1, 0.15) is 11.1 Å². The van der Waals surface area contributed by atoms with Gasteiger partial charge in [0.05, 0.1) is 6.33 Å². The van der Waals surface area contributed by atoms with E-state index < -0.39 is 10.0 Å². The summed E-state index contributed by atoms with van der Waals surface area (Å²) in [4.78, 5) is 3.95. The van der Waals surface area contributed by atoms with Gasteiger partial charge in [-0.3, -0.25) is 0 Å². The lowest BCUT2D eigenvalue weighted by Crippen LogP contribution is -2.36. The molecule has 0 amide bonds. The second-order valence-corrected chi connectivity index (χ2v) is 6.62. The van der Waals surface area contributed by atoms with Crippen molar-refractivity contribution in [1.82, 2.24) is 13.9 Å². The van der Waals surface area contributed by atoms with Crippen molar-refractivity contribution >= 4 is 10.0 Å². The van der Waals surface area contributed by atoms with Crippen molar-refractivity contribution in [3.05, 3.63) is 47.9 Å². The van der Waals surface area contributed by atoms with Crippen molar-refractivity contribution < 1.29 is 8.42 Å². The maximum Gasteiger partial charge on any atom is 0.262 e. The molecule has 6 heteroatoms. The summed E-state index contributed by atoms with van der Waals surface area (Å²) in [5.41, 5.74) is 2.31. The van der Waals surface area contributed by atoms with Crippen LogP contribution in [-0.4, -0.2) is 28.8 Å². The number of sulfonamides is 1. The van der Waals surface area contributed by atoms with Crippen LogP contribution in [0.2, 0.25) is 0 Å². The highest BCUT2D eigenvalue weighted by molar-refractivity contribution is 7.89. The Labute approximate surface area is 112 Å². The second-order valence-electron chi connectivity index (χ2n) is 4.73. The largest absolute Gasteiger partial charge is 0.339 e. The summed E-state index contributed by atoms with van der Waals surface area (Å²) in [6.45, 7) is 0.936. The molecule has 100 valence electrons. The van der Waals surface area contributed by atoms with Crippen LogP contribution >= 0.6 is 0 Å². The molecule has 1 aliphatic rings. The average Bonchev–Trinajstić information content (AvgIpc) is 2.85. The lowest BCUT2D eigenvalue weighted by molar-refractivity contribution is 0.390. The van der Waals surface area contributed by atoms with Crippen LogP contribution in [0.4, 0.5) is 0 Å². The minimum absolute atomic E-state index is 0.120. The molecule has 0 N–H and O–H groups in total. The SMILES string of the molecule is Cn1cnc(S(=O)(=O)N2CCc3ccccc3C2)c1. The van der Waals surface area contributed by atoms with Crippen LogP contribution in [0, 0.1) is 0 Å². The minimum Gasteiger partial charge on any atom is -0.339 e. The van der Waals surface area contributed by atoms with E-state index in [1.165, 1.54) is 22.4 Å². The summed E-state index contributed by atoms with van der Waals surface area (Å²) in [7, 11) is -1.72. The monoisotopic (exact) mass is 277 g/mol. The Morgan fingerprint density at radius 3 is 2.63 bits per heavy atom. The van der Waals surface area contributed by atoms with E-state index in [9.17, 15) is 8.42 Å². The summed E-state index contributed by atoms with van der Waals surface area (Å²) in [6.07, 6.45) is 3.79. The average molecular weight is 277 g/mol. The molecule has 1 aliphatic heterocycles. The summed E-state index contributed by atoms with van der Waals surface area (Å²) >= 11 is 0. The van der Waals surface area contributed by atoms with E-state index in [-0.39, 0.29) is 5.03 Å². The van der Waals surface area contributed by atoms with Gasteiger partial charge in [0.15, 0.2) is 5.03 Å². The lowest BCUT2D eigenvalue weighted by Gasteiger charge is -2.27. The molecule has 0 aliphatic carbocycles. The summed E-state index contributed by atoms with van der Waals surface area (Å²) in [6, 6.07) is 7.97. The third kappa shape index (κ3) is 2.17. The highest BCUT2D eigenvalue weighted by Gasteiger charge is 2.29. The first kappa shape index (κ1) is 12.4. The van der Waals surface area contributed by atoms with E-state index in [0.717, 1.165) is 12.0 Å². The van der Waals surface area contributed by atoms with Crippen molar-refractivity contribution in [3.8, 4) is 0 Å². The fourth-order valence-corrected chi connectivity index (χ4v) is 3.71. The smallest absolute Gasteiger partial charge is 0.262 e. The predicted octanol–water partition coefficient (Wildman–Crippen LogP) is 1.17. The Bertz CT molecular complexity index is 706. The van der Waals surface area contributed by atoms with E-state index in [1.807, 2.05) is 18.2 Å². The van der Waals surface area contributed by atoms with E-state index in [2.05, 4.69) is 11.1 Å². The molecule has 0 fully saturated rings. The molecule has 2 heterocycles. The number of benzene rings is 1. The second kappa shape index (κ2) is 4.47. The van der Waals surface area contributed by atoms with E-state index >= 15 is 0 Å². The first-order valence-corrected chi connectivity index (χ1v) is 7.56. The van der Waals surface area contributed by atoms with Gasteiger partial charge in [0.25, 0.3) is 10.0 Å². The van der Waals surface area contributed by atoms with Gasteiger partial charge in [-0.05, 0) is 17.5 Å². The number of imidazole rings is 1. The van der Waals surface area contributed by atoms with Crippen LogP contribution in [-0.2, 0) is 30.0 Å². The van der Waals surface area contributed by atoms with Gasteiger partial charge in [0.2, 0.25) is 0 Å². The van der Waals surface area contributed by atoms with Gasteiger partial charge < -0.3 is 4.57 Å². The number of fused-ring (bicyclic) bond motifs is 1. The fraction of sp³-hybridized carbons (Fsp3) is 0.308. The van der Waals surface area contributed by atoms with E-state index in [1.54, 1.807) is 11.6 Å². The molecular formula is C13H15N3O2S. The molecule has 0 unspecified atom stereocenters. The molecule has 1 aromatic heterocycles. The van der Waals surface area contributed by atoms with Crippen molar-refractivity contribution in [2.45, 2.75) is 18.0 Å². The molecule has 0 radical (unpaired) electrons. The molecule has 0 atom stereocenters. The third-order valence-corrected chi connectivity index (χ3v) is 5.11. The number of aromatic nitrogens is 2. The molecule has 19 heavy (non-hydrogen) atoms. The third-order valence-electron chi connectivity index (χ3n) is 3.38. The topological polar surface area (TPSA) is 55.2 Å². The highest BCUT2D eigenvalue weighted by atomic mass is 32.2. The summed E-state index contributed by atoms with van der Waals surface area (Å²) in [5, 5.41) is 0.120. The van der Waals surface area contributed by atoms with Gasteiger partial charge in [0, 0.05) is 26.3 Å². The zero-order valence-corrected chi connectivity index (χ0v) is 11.5. The Morgan fingerprint density at radius 1 is 1.21 bits per heavy atom. The molecule has 0 spiro atoms. The maximum atomic E-state index is 12.5. The molecule has 3 rings (SSSR count). The zero-order valence-electron chi connectivity index (χ0n) is 10.7. The predicted molar refractivity (Wildman–Crippen MR) is 70.9 cm³/mol. The molecule has 5 nitrogen and oxygen atoms in total. The van der Waals surface area contributed by atoms with E-state index in [0.29, 0.717) is 13.1 Å². The minimum atomic E-state index is -3.48. The number of aryl methyl sites for hydroxylation is 1. The van der Waals surface area contributed by atoms with Gasteiger partial charge in [-0.15, -0.1) is 0 Å². The fourth-order valence-electron chi connectivity index (χ4n) is 2.33.